The Balaban J connectivity index is 1.39. The summed E-state index contributed by atoms with van der Waals surface area (Å²) in [6, 6.07) is 10.1. The van der Waals surface area contributed by atoms with E-state index in [2.05, 4.69) is 15.0 Å². The fourth-order valence-corrected chi connectivity index (χ4v) is 5.99. The number of halogens is 2. The van der Waals surface area contributed by atoms with Crippen molar-refractivity contribution in [3.05, 3.63) is 74.6 Å². The molecule has 0 aliphatic carbocycles. The fourth-order valence-electron chi connectivity index (χ4n) is 2.91. The second-order valence-electron chi connectivity index (χ2n) is 6.95. The van der Waals surface area contributed by atoms with Crippen molar-refractivity contribution in [2.24, 2.45) is 0 Å². The second kappa shape index (κ2) is 10.4. The third kappa shape index (κ3) is 6.03. The maximum absolute atomic E-state index is 12.7. The Kier molecular flexibility index (Phi) is 7.47. The van der Waals surface area contributed by atoms with Crippen LogP contribution in [0.15, 0.2) is 63.8 Å². The molecule has 0 spiro atoms. The SMILES string of the molecule is O=C(CN1C(=O)SC(=Cc2ccc(Cl)cc2Cl)C1=O)Nc1ccc(S(=O)(=O)Nc2nccs2)cc1. The van der Waals surface area contributed by atoms with Crippen molar-refractivity contribution < 1.29 is 22.8 Å². The third-order valence-corrected chi connectivity index (χ3v) is 8.17. The summed E-state index contributed by atoms with van der Waals surface area (Å²) in [4.78, 5) is 42.2. The molecule has 3 aromatic rings. The molecule has 4 rings (SSSR count). The Labute approximate surface area is 218 Å². The van der Waals surface area contributed by atoms with Crippen LogP contribution in [0.25, 0.3) is 6.08 Å². The molecule has 14 heteroatoms. The maximum atomic E-state index is 12.7. The lowest BCUT2D eigenvalue weighted by Gasteiger charge is -2.13. The Morgan fingerprint density at radius 3 is 2.51 bits per heavy atom. The van der Waals surface area contributed by atoms with Crippen LogP contribution in [0, 0.1) is 0 Å². The van der Waals surface area contributed by atoms with Gasteiger partial charge in [0, 0.05) is 27.3 Å². The van der Waals surface area contributed by atoms with E-state index in [1.54, 1.807) is 17.5 Å². The highest BCUT2D eigenvalue weighted by atomic mass is 35.5. The summed E-state index contributed by atoms with van der Waals surface area (Å²) in [7, 11) is -3.84. The van der Waals surface area contributed by atoms with E-state index >= 15 is 0 Å². The molecule has 0 bridgehead atoms. The van der Waals surface area contributed by atoms with Crippen molar-refractivity contribution in [3.8, 4) is 0 Å². The zero-order valence-corrected chi connectivity index (χ0v) is 21.4. The van der Waals surface area contributed by atoms with E-state index in [1.807, 2.05) is 0 Å². The van der Waals surface area contributed by atoms with Crippen LogP contribution in [0.2, 0.25) is 10.0 Å². The number of aromatic nitrogens is 1. The molecule has 1 fully saturated rings. The van der Waals surface area contributed by atoms with Crippen LogP contribution in [0.1, 0.15) is 5.56 Å². The summed E-state index contributed by atoms with van der Waals surface area (Å²) in [6.45, 7) is -0.512. The van der Waals surface area contributed by atoms with E-state index in [4.69, 9.17) is 23.2 Å². The molecule has 1 saturated heterocycles. The van der Waals surface area contributed by atoms with Crippen LogP contribution in [-0.2, 0) is 19.6 Å². The highest BCUT2D eigenvalue weighted by Crippen LogP contribution is 2.34. The maximum Gasteiger partial charge on any atom is 0.294 e. The van der Waals surface area contributed by atoms with Crippen LogP contribution in [0.4, 0.5) is 15.6 Å². The van der Waals surface area contributed by atoms with E-state index < -0.39 is 33.6 Å². The number of hydrogen-bond acceptors (Lipinski definition) is 8. The predicted molar refractivity (Wildman–Crippen MR) is 137 cm³/mol. The van der Waals surface area contributed by atoms with E-state index in [9.17, 15) is 22.8 Å². The zero-order valence-electron chi connectivity index (χ0n) is 17.4. The topological polar surface area (TPSA) is 126 Å². The van der Waals surface area contributed by atoms with Gasteiger partial charge < -0.3 is 5.32 Å². The van der Waals surface area contributed by atoms with Crippen molar-refractivity contribution >= 4 is 90.3 Å². The number of anilines is 2. The normalized spacial score (nSPS) is 15.0. The van der Waals surface area contributed by atoms with Crippen LogP contribution < -0.4 is 10.0 Å². The third-order valence-electron chi connectivity index (χ3n) is 4.53. The van der Waals surface area contributed by atoms with Gasteiger partial charge in [-0.15, -0.1) is 11.3 Å². The summed E-state index contributed by atoms with van der Waals surface area (Å²) in [5, 5.41) is 4.55. The summed E-state index contributed by atoms with van der Waals surface area (Å²) >= 11 is 13.8. The molecule has 2 N–H and O–H groups in total. The van der Waals surface area contributed by atoms with Gasteiger partial charge >= 0.3 is 0 Å². The molecule has 0 radical (unpaired) electrons. The lowest BCUT2D eigenvalue weighted by Crippen LogP contribution is -2.36. The lowest BCUT2D eigenvalue weighted by molar-refractivity contribution is -0.127. The highest BCUT2D eigenvalue weighted by Gasteiger charge is 2.36. The summed E-state index contributed by atoms with van der Waals surface area (Å²) < 4.78 is 27.1. The fraction of sp³-hybridized carbons (Fsp3) is 0.0476. The van der Waals surface area contributed by atoms with Gasteiger partial charge in [-0.1, -0.05) is 29.3 Å². The van der Waals surface area contributed by atoms with Gasteiger partial charge in [-0.2, -0.15) is 0 Å². The van der Waals surface area contributed by atoms with E-state index in [0.717, 1.165) is 16.2 Å². The average molecular weight is 569 g/mol. The van der Waals surface area contributed by atoms with Crippen LogP contribution in [-0.4, -0.2) is 41.9 Å². The minimum atomic E-state index is -3.84. The van der Waals surface area contributed by atoms with Gasteiger partial charge in [-0.05, 0) is 59.8 Å². The first-order valence-electron chi connectivity index (χ1n) is 9.65. The van der Waals surface area contributed by atoms with Crippen LogP contribution in [0.5, 0.6) is 0 Å². The van der Waals surface area contributed by atoms with Gasteiger partial charge in [-0.3, -0.25) is 24.0 Å². The molecule has 2 aromatic carbocycles. The Hall–Kier alpha value is -2.90. The van der Waals surface area contributed by atoms with Crippen molar-refractivity contribution in [2.75, 3.05) is 16.6 Å². The van der Waals surface area contributed by atoms with Crippen LogP contribution >= 0.6 is 46.3 Å². The number of thioether (sulfide) groups is 1. The number of benzene rings is 2. The second-order valence-corrected chi connectivity index (χ2v) is 11.4. The number of nitrogens with zero attached hydrogens (tertiary/aromatic N) is 2. The number of rotatable bonds is 7. The molecule has 1 aromatic heterocycles. The standard InChI is InChI=1S/C21H14Cl2N4O5S3/c22-13-2-1-12(16(23)10-13)9-17-19(29)27(21(30)34-17)11-18(28)25-14-3-5-15(6-4-14)35(31,32)26-20-24-7-8-33-20/h1-10H,11H2,(H,24,26)(H,25,28). The van der Waals surface area contributed by atoms with Crippen molar-refractivity contribution in [2.45, 2.75) is 4.90 Å². The average Bonchev–Trinajstić information content (AvgIpc) is 3.39. The zero-order chi connectivity index (χ0) is 25.2. The van der Waals surface area contributed by atoms with E-state index in [1.165, 1.54) is 42.6 Å². The number of carbonyl (C=O) groups excluding carboxylic acids is 3. The first-order chi connectivity index (χ1) is 16.6. The largest absolute Gasteiger partial charge is 0.325 e. The Bertz CT molecular complexity index is 1440. The molecule has 9 nitrogen and oxygen atoms in total. The molecule has 2 heterocycles. The monoisotopic (exact) mass is 568 g/mol. The number of carbonyl (C=O) groups is 3. The summed E-state index contributed by atoms with van der Waals surface area (Å²) in [5.41, 5.74) is 0.795. The van der Waals surface area contributed by atoms with Gasteiger partial charge in [0.15, 0.2) is 5.13 Å². The predicted octanol–water partition coefficient (Wildman–Crippen LogP) is 4.93. The Morgan fingerprint density at radius 2 is 1.86 bits per heavy atom. The molecule has 1 aliphatic rings. The molecule has 3 amide bonds. The van der Waals surface area contributed by atoms with Crippen molar-refractivity contribution in [1.29, 1.82) is 0 Å². The number of thiazole rings is 1. The summed E-state index contributed by atoms with van der Waals surface area (Å²) in [5.74, 6) is -1.26. The number of hydrogen-bond donors (Lipinski definition) is 2. The van der Waals surface area contributed by atoms with Crippen LogP contribution in [0.3, 0.4) is 0 Å². The van der Waals surface area contributed by atoms with Gasteiger partial charge in [0.05, 0.1) is 9.80 Å². The highest BCUT2D eigenvalue weighted by molar-refractivity contribution is 8.18. The minimum absolute atomic E-state index is 0.0253. The number of imide groups is 1. The van der Waals surface area contributed by atoms with E-state index in [-0.39, 0.29) is 14.9 Å². The molecule has 0 saturated carbocycles. The molecule has 180 valence electrons. The lowest BCUT2D eigenvalue weighted by atomic mass is 10.2. The van der Waals surface area contributed by atoms with Gasteiger partial charge in [0.2, 0.25) is 5.91 Å². The van der Waals surface area contributed by atoms with Crippen molar-refractivity contribution in [1.82, 2.24) is 9.88 Å². The van der Waals surface area contributed by atoms with Crippen molar-refractivity contribution in [3.63, 3.8) is 0 Å². The molecular weight excluding hydrogens is 555 g/mol. The smallest absolute Gasteiger partial charge is 0.294 e. The van der Waals surface area contributed by atoms with Gasteiger partial charge in [-0.25, -0.2) is 13.4 Å². The number of amides is 3. The number of sulfonamides is 1. The first-order valence-corrected chi connectivity index (χ1v) is 13.6. The molecule has 0 atom stereocenters. The summed E-state index contributed by atoms with van der Waals surface area (Å²) in [6.07, 6.45) is 2.93. The van der Waals surface area contributed by atoms with Gasteiger partial charge in [0.1, 0.15) is 6.54 Å². The molecular formula is C21H14Cl2N4O5S3. The van der Waals surface area contributed by atoms with E-state index in [0.29, 0.717) is 33.1 Å². The quantitative estimate of drug-likeness (QED) is 0.387. The first kappa shape index (κ1) is 25.2. The molecule has 35 heavy (non-hydrogen) atoms. The molecule has 0 unspecified atom stereocenters. The Morgan fingerprint density at radius 1 is 1.11 bits per heavy atom. The number of nitrogens with one attached hydrogen (secondary N) is 2. The minimum Gasteiger partial charge on any atom is -0.325 e. The van der Waals surface area contributed by atoms with Gasteiger partial charge in [0.25, 0.3) is 21.2 Å². The molecule has 1 aliphatic heterocycles.